The van der Waals surface area contributed by atoms with Crippen molar-refractivity contribution in [1.29, 1.82) is 0 Å². The van der Waals surface area contributed by atoms with Gasteiger partial charge in [0.1, 0.15) is 11.6 Å². The number of guanidine groups is 1. The minimum absolute atomic E-state index is 0. The van der Waals surface area contributed by atoms with Crippen LogP contribution in [0.1, 0.15) is 29.2 Å². The first-order valence-electron chi connectivity index (χ1n) is 10.9. The summed E-state index contributed by atoms with van der Waals surface area (Å²) in [6.45, 7) is 4.85. The number of nitrogens with zero attached hydrogens (tertiary/aromatic N) is 5. The van der Waals surface area contributed by atoms with Gasteiger partial charge in [-0.3, -0.25) is 0 Å². The summed E-state index contributed by atoms with van der Waals surface area (Å²) in [6.07, 6.45) is 3.28. The second-order valence-electron chi connectivity index (χ2n) is 7.86. The normalized spacial score (nSPS) is 13.8. The summed E-state index contributed by atoms with van der Waals surface area (Å²) in [5, 5.41) is 11.9. The topological polar surface area (TPSA) is 67.6 Å². The summed E-state index contributed by atoms with van der Waals surface area (Å²) < 4.78 is 7.26. The second-order valence-corrected chi connectivity index (χ2v) is 7.86. The van der Waals surface area contributed by atoms with Gasteiger partial charge in [-0.25, -0.2) is 4.99 Å². The molecule has 33 heavy (non-hydrogen) atoms. The maximum Gasteiger partial charge on any atom is 0.194 e. The van der Waals surface area contributed by atoms with Crippen molar-refractivity contribution in [2.45, 2.75) is 26.4 Å². The average molecular weight is 558 g/mol. The number of ether oxygens (including phenoxy) is 1. The zero-order chi connectivity index (χ0) is 22.3. The lowest BCUT2D eigenvalue weighted by Gasteiger charge is -2.30. The summed E-state index contributed by atoms with van der Waals surface area (Å²) in [4.78, 5) is 7.22. The van der Waals surface area contributed by atoms with E-state index in [0.717, 1.165) is 48.4 Å². The third-order valence-electron chi connectivity index (χ3n) is 5.81. The number of hydrogen-bond acceptors (Lipinski definition) is 4. The molecule has 0 amide bonds. The molecule has 0 fully saturated rings. The van der Waals surface area contributed by atoms with Gasteiger partial charge in [-0.05, 0) is 42.2 Å². The van der Waals surface area contributed by atoms with Gasteiger partial charge in [-0.15, -0.1) is 34.2 Å². The highest BCUT2D eigenvalue weighted by Gasteiger charge is 2.17. The van der Waals surface area contributed by atoms with Crippen LogP contribution in [0, 0.1) is 6.92 Å². The molecule has 3 aromatic rings. The molecule has 1 N–H and O–H groups in total. The van der Waals surface area contributed by atoms with Gasteiger partial charge in [0, 0.05) is 20.1 Å². The fraction of sp³-hybridized carbons (Fsp3) is 0.320. The van der Waals surface area contributed by atoms with Crippen LogP contribution in [0.15, 0.2) is 65.7 Å². The van der Waals surface area contributed by atoms with E-state index in [2.05, 4.69) is 69.0 Å². The molecule has 0 aliphatic carbocycles. The van der Waals surface area contributed by atoms with Crippen molar-refractivity contribution in [3.05, 3.63) is 83.4 Å². The zero-order valence-corrected chi connectivity index (χ0v) is 21.7. The summed E-state index contributed by atoms with van der Waals surface area (Å²) >= 11 is 0. The van der Waals surface area contributed by atoms with Crippen LogP contribution in [0.2, 0.25) is 0 Å². The predicted molar refractivity (Wildman–Crippen MR) is 143 cm³/mol. The van der Waals surface area contributed by atoms with Gasteiger partial charge in [0.2, 0.25) is 0 Å². The van der Waals surface area contributed by atoms with Gasteiger partial charge >= 0.3 is 0 Å². The van der Waals surface area contributed by atoms with Crippen LogP contribution >= 0.6 is 24.0 Å². The molecule has 0 radical (unpaired) electrons. The lowest BCUT2D eigenvalue weighted by Crippen LogP contribution is -2.43. The molecule has 4 rings (SSSR count). The number of rotatable bonds is 6. The molecule has 0 unspecified atom stereocenters. The van der Waals surface area contributed by atoms with Gasteiger partial charge < -0.3 is 19.5 Å². The number of aromatic nitrogens is 3. The molecule has 1 aliphatic heterocycles. The van der Waals surface area contributed by atoms with Gasteiger partial charge in [-0.1, -0.05) is 48.5 Å². The van der Waals surface area contributed by atoms with Crippen LogP contribution in [0.25, 0.3) is 5.57 Å². The van der Waals surface area contributed by atoms with Crippen molar-refractivity contribution in [3.63, 3.8) is 0 Å². The minimum Gasteiger partial charge on any atom is -0.497 e. The third kappa shape index (κ3) is 6.34. The highest BCUT2D eigenvalue weighted by molar-refractivity contribution is 14.0. The predicted octanol–water partition coefficient (Wildman–Crippen LogP) is 4.19. The molecule has 1 aromatic heterocycles. The molecule has 8 heteroatoms. The van der Waals surface area contributed by atoms with E-state index in [4.69, 9.17) is 9.73 Å². The molecule has 174 valence electrons. The Hall–Kier alpha value is -2.88. The smallest absolute Gasteiger partial charge is 0.194 e. The molecule has 2 heterocycles. The molecule has 0 saturated heterocycles. The van der Waals surface area contributed by atoms with Crippen LogP contribution in [-0.4, -0.2) is 45.8 Å². The van der Waals surface area contributed by atoms with Crippen molar-refractivity contribution in [1.82, 2.24) is 25.0 Å². The van der Waals surface area contributed by atoms with Crippen molar-refractivity contribution in [3.8, 4) is 5.75 Å². The Morgan fingerprint density at radius 1 is 1.09 bits per heavy atom. The maximum absolute atomic E-state index is 5.26. The summed E-state index contributed by atoms with van der Waals surface area (Å²) in [5.41, 5.74) is 3.82. The Balaban J connectivity index is 0.00000306. The Labute approximate surface area is 212 Å². The van der Waals surface area contributed by atoms with E-state index in [9.17, 15) is 0 Å². The number of nitrogens with one attached hydrogen (secondary N) is 1. The van der Waals surface area contributed by atoms with Gasteiger partial charge in [-0.2, -0.15) is 0 Å². The monoisotopic (exact) mass is 558 g/mol. The Bertz CT molecular complexity index is 1090. The molecule has 1 aliphatic rings. The molecular formula is C25H31IN6O. The van der Waals surface area contributed by atoms with Crippen LogP contribution in [0.3, 0.4) is 0 Å². The first kappa shape index (κ1) is 24.8. The van der Waals surface area contributed by atoms with E-state index in [1.54, 1.807) is 7.11 Å². The van der Waals surface area contributed by atoms with E-state index in [-0.39, 0.29) is 24.0 Å². The third-order valence-corrected chi connectivity index (χ3v) is 5.81. The van der Waals surface area contributed by atoms with Gasteiger partial charge in [0.15, 0.2) is 11.8 Å². The average Bonchev–Trinajstić information content (AvgIpc) is 3.17. The summed E-state index contributed by atoms with van der Waals surface area (Å²) in [7, 11) is 3.66. The number of hydrogen-bond donors (Lipinski definition) is 1. The molecule has 0 bridgehead atoms. The Morgan fingerprint density at radius 3 is 2.45 bits per heavy atom. The molecule has 0 atom stereocenters. The molecule has 2 aromatic carbocycles. The number of halogens is 1. The number of benzene rings is 2. The Morgan fingerprint density at radius 2 is 1.85 bits per heavy atom. The first-order valence-corrected chi connectivity index (χ1v) is 10.9. The van der Waals surface area contributed by atoms with E-state index in [1.165, 1.54) is 11.1 Å². The van der Waals surface area contributed by atoms with E-state index in [0.29, 0.717) is 13.1 Å². The fourth-order valence-corrected chi connectivity index (χ4v) is 3.70. The standard InChI is InChI=1S/C25H30N6O.HI/c1-19-28-29-24(30(19)2)18-27-25(26-17-20-9-11-23(32-3)12-10-20)31-15-13-22(14-16-31)21-7-5-4-6-8-21;/h4-13H,14-18H2,1-3H3,(H,26,27);1H. The Kier molecular flexibility index (Phi) is 8.87. The summed E-state index contributed by atoms with van der Waals surface area (Å²) in [5.74, 6) is 3.51. The van der Waals surface area contributed by atoms with Gasteiger partial charge in [0.25, 0.3) is 0 Å². The van der Waals surface area contributed by atoms with E-state index >= 15 is 0 Å². The molecule has 7 nitrogen and oxygen atoms in total. The molecular weight excluding hydrogens is 527 g/mol. The van der Waals surface area contributed by atoms with Crippen LogP contribution in [0.4, 0.5) is 0 Å². The van der Waals surface area contributed by atoms with Gasteiger partial charge in [0.05, 0.1) is 20.2 Å². The minimum atomic E-state index is 0. The van der Waals surface area contributed by atoms with Crippen LogP contribution < -0.4 is 10.1 Å². The lowest BCUT2D eigenvalue weighted by atomic mass is 10.00. The maximum atomic E-state index is 5.26. The zero-order valence-electron chi connectivity index (χ0n) is 19.4. The number of aryl methyl sites for hydroxylation is 1. The SMILES string of the molecule is COc1ccc(CN=C(NCc2nnc(C)n2C)N2CC=C(c3ccccc3)CC2)cc1.I. The lowest BCUT2D eigenvalue weighted by molar-refractivity contribution is 0.414. The van der Waals surface area contributed by atoms with Crippen molar-refractivity contribution in [2.24, 2.45) is 12.0 Å². The van der Waals surface area contributed by atoms with Crippen molar-refractivity contribution in [2.75, 3.05) is 20.2 Å². The molecule has 0 saturated carbocycles. The summed E-state index contributed by atoms with van der Waals surface area (Å²) in [6, 6.07) is 18.6. The number of methoxy groups -OCH3 is 1. The largest absolute Gasteiger partial charge is 0.497 e. The van der Waals surface area contributed by atoms with E-state index in [1.807, 2.05) is 30.7 Å². The number of aliphatic imine (C=N–C) groups is 1. The second kappa shape index (κ2) is 11.8. The highest BCUT2D eigenvalue weighted by atomic mass is 127. The van der Waals surface area contributed by atoms with Crippen molar-refractivity contribution < 1.29 is 4.74 Å². The quantitative estimate of drug-likeness (QED) is 0.279. The van der Waals surface area contributed by atoms with E-state index < -0.39 is 0 Å². The van der Waals surface area contributed by atoms with Crippen LogP contribution in [-0.2, 0) is 20.1 Å². The van der Waals surface area contributed by atoms with Crippen molar-refractivity contribution >= 4 is 35.5 Å². The fourth-order valence-electron chi connectivity index (χ4n) is 3.70. The molecule has 0 spiro atoms. The highest BCUT2D eigenvalue weighted by Crippen LogP contribution is 2.22. The first-order chi connectivity index (χ1) is 15.6. The van der Waals surface area contributed by atoms with Crippen LogP contribution in [0.5, 0.6) is 5.75 Å².